The van der Waals surface area contributed by atoms with Crippen LogP contribution >= 0.6 is 0 Å². The normalized spacial score (nSPS) is 21.9. The highest BCUT2D eigenvalue weighted by molar-refractivity contribution is 5.91. The summed E-state index contributed by atoms with van der Waals surface area (Å²) in [7, 11) is 0. The van der Waals surface area contributed by atoms with Crippen LogP contribution in [0.4, 0.5) is 5.82 Å². The van der Waals surface area contributed by atoms with Crippen molar-refractivity contribution in [1.82, 2.24) is 15.0 Å². The highest BCUT2D eigenvalue weighted by atomic mass is 16.6. The van der Waals surface area contributed by atoms with Crippen molar-refractivity contribution in [2.45, 2.75) is 32.4 Å². The van der Waals surface area contributed by atoms with Gasteiger partial charge in [-0.2, -0.15) is 0 Å². The lowest BCUT2D eigenvalue weighted by Gasteiger charge is -2.48. The zero-order valence-corrected chi connectivity index (χ0v) is 16.4. The molecule has 1 aliphatic rings. The Hall–Kier alpha value is -3.42. The minimum Gasteiger partial charge on any atom is -0.435 e. The third kappa shape index (κ3) is 3.20. The van der Waals surface area contributed by atoms with Gasteiger partial charge in [0.05, 0.1) is 5.39 Å². The zero-order chi connectivity index (χ0) is 20.6. The first-order valence-electron chi connectivity index (χ1n) is 9.53. The highest BCUT2D eigenvalue weighted by Crippen LogP contribution is 2.45. The van der Waals surface area contributed by atoms with E-state index >= 15 is 0 Å². The van der Waals surface area contributed by atoms with Crippen molar-refractivity contribution in [3.05, 3.63) is 54.0 Å². The average Bonchev–Trinajstić information content (AvgIpc) is 3.09. The number of aromatic amines is 1. The molecule has 150 valence electrons. The van der Waals surface area contributed by atoms with Crippen LogP contribution < -0.4 is 10.6 Å². The Balaban J connectivity index is 1.95. The van der Waals surface area contributed by atoms with Crippen molar-refractivity contribution in [1.29, 1.82) is 0 Å². The van der Waals surface area contributed by atoms with E-state index in [1.807, 2.05) is 48.4 Å². The second-order valence-corrected chi connectivity index (χ2v) is 7.38. The summed E-state index contributed by atoms with van der Waals surface area (Å²) in [5.74, 6) is -0.611. The molecular weight excluding hydrogens is 370 g/mol. The summed E-state index contributed by atoms with van der Waals surface area (Å²) in [5.41, 5.74) is 6.90. The number of primary amides is 1. The lowest BCUT2D eigenvalue weighted by Crippen LogP contribution is -2.56. The lowest BCUT2D eigenvalue weighted by molar-refractivity contribution is -0.164. The molecule has 1 saturated heterocycles. The second-order valence-electron chi connectivity index (χ2n) is 7.38. The maximum absolute atomic E-state index is 12.2. The number of aromatic nitrogens is 3. The Morgan fingerprint density at radius 3 is 2.72 bits per heavy atom. The third-order valence-corrected chi connectivity index (χ3v) is 5.50. The number of piperidine rings is 1. The molecular formula is C21H23N5O3. The molecule has 29 heavy (non-hydrogen) atoms. The summed E-state index contributed by atoms with van der Waals surface area (Å²) >= 11 is 0. The Labute approximate surface area is 168 Å². The first-order valence-corrected chi connectivity index (χ1v) is 9.53. The van der Waals surface area contributed by atoms with E-state index in [0.717, 1.165) is 16.5 Å². The minimum atomic E-state index is -1.20. The predicted octanol–water partition coefficient (Wildman–Crippen LogP) is 2.38. The fourth-order valence-electron chi connectivity index (χ4n) is 4.20. The number of amides is 1. The molecule has 8 nitrogen and oxygen atoms in total. The van der Waals surface area contributed by atoms with Crippen molar-refractivity contribution in [2.75, 3.05) is 11.4 Å². The first kappa shape index (κ1) is 18.9. The zero-order valence-electron chi connectivity index (χ0n) is 16.4. The van der Waals surface area contributed by atoms with E-state index in [4.69, 9.17) is 10.5 Å². The largest absolute Gasteiger partial charge is 0.435 e. The second kappa shape index (κ2) is 7.20. The first-order chi connectivity index (χ1) is 13.9. The van der Waals surface area contributed by atoms with Crippen LogP contribution in [0, 0.1) is 12.8 Å². The molecule has 0 spiro atoms. The Bertz CT molecular complexity index is 1060. The van der Waals surface area contributed by atoms with Gasteiger partial charge in [-0.05, 0) is 18.9 Å². The number of nitrogens with two attached hydrogens (primary N) is 1. The number of anilines is 1. The molecule has 1 aliphatic heterocycles. The van der Waals surface area contributed by atoms with E-state index in [1.165, 1.54) is 13.3 Å². The smallest absolute Gasteiger partial charge is 0.305 e. The van der Waals surface area contributed by atoms with Crippen LogP contribution in [-0.2, 0) is 20.1 Å². The molecule has 3 aromatic rings. The van der Waals surface area contributed by atoms with Crippen LogP contribution in [0.2, 0.25) is 0 Å². The summed E-state index contributed by atoms with van der Waals surface area (Å²) < 4.78 is 5.99. The molecule has 3 N–H and O–H groups in total. The minimum absolute atomic E-state index is 0.251. The molecule has 1 aromatic carbocycles. The summed E-state index contributed by atoms with van der Waals surface area (Å²) in [6.07, 6.45) is 4.15. The highest BCUT2D eigenvalue weighted by Gasteiger charge is 2.49. The van der Waals surface area contributed by atoms with Gasteiger partial charge in [-0.15, -0.1) is 0 Å². The number of hydrogen-bond donors (Lipinski definition) is 2. The molecule has 4 rings (SSSR count). The number of aryl methyl sites for hydroxylation is 1. The standard InChI is InChI=1S/C21H23N5O3/c1-13-11-23-19-17(13)20(25-12-24-19)26-9-8-15(18(22)28)10-21(26,29-14(2)27)16-6-4-3-5-7-16/h3-7,11-12,15H,8-10H2,1-2H3,(H2,22,28)(H,23,24,25). The molecule has 0 bridgehead atoms. The van der Waals surface area contributed by atoms with Crippen LogP contribution in [0.25, 0.3) is 11.0 Å². The van der Waals surface area contributed by atoms with Gasteiger partial charge in [-0.3, -0.25) is 9.59 Å². The fourth-order valence-corrected chi connectivity index (χ4v) is 4.20. The number of carbonyl (C=O) groups excluding carboxylic acids is 2. The van der Waals surface area contributed by atoms with Gasteiger partial charge in [0.2, 0.25) is 11.6 Å². The molecule has 3 heterocycles. The molecule has 0 aliphatic carbocycles. The molecule has 1 fully saturated rings. The number of esters is 1. The lowest BCUT2D eigenvalue weighted by atomic mass is 9.83. The van der Waals surface area contributed by atoms with Crippen LogP contribution in [-0.4, -0.2) is 33.4 Å². The predicted molar refractivity (Wildman–Crippen MR) is 108 cm³/mol. The van der Waals surface area contributed by atoms with E-state index in [2.05, 4.69) is 15.0 Å². The molecule has 0 radical (unpaired) electrons. The average molecular weight is 393 g/mol. The van der Waals surface area contributed by atoms with E-state index in [-0.39, 0.29) is 6.42 Å². The van der Waals surface area contributed by atoms with E-state index < -0.39 is 23.5 Å². The van der Waals surface area contributed by atoms with Crippen molar-refractivity contribution < 1.29 is 14.3 Å². The number of rotatable bonds is 4. The van der Waals surface area contributed by atoms with Gasteiger partial charge < -0.3 is 20.4 Å². The van der Waals surface area contributed by atoms with E-state index in [0.29, 0.717) is 24.4 Å². The van der Waals surface area contributed by atoms with Crippen LogP contribution in [0.5, 0.6) is 0 Å². The summed E-state index contributed by atoms with van der Waals surface area (Å²) in [5, 5.41) is 0.859. The number of carbonyl (C=O) groups is 2. The van der Waals surface area contributed by atoms with Crippen LogP contribution in [0.1, 0.15) is 30.9 Å². The molecule has 0 saturated carbocycles. The maximum atomic E-state index is 12.2. The van der Waals surface area contributed by atoms with Gasteiger partial charge in [0.1, 0.15) is 17.8 Å². The van der Waals surface area contributed by atoms with Gasteiger partial charge in [0.15, 0.2) is 0 Å². The van der Waals surface area contributed by atoms with Crippen LogP contribution in [0.3, 0.4) is 0 Å². The van der Waals surface area contributed by atoms with Crippen molar-refractivity contribution >= 4 is 28.7 Å². The van der Waals surface area contributed by atoms with Crippen molar-refractivity contribution in [3.63, 3.8) is 0 Å². The van der Waals surface area contributed by atoms with Gasteiger partial charge >= 0.3 is 5.97 Å². The quantitative estimate of drug-likeness (QED) is 0.658. The number of nitrogens with zero attached hydrogens (tertiary/aromatic N) is 3. The number of fused-ring (bicyclic) bond motifs is 1. The number of hydrogen-bond acceptors (Lipinski definition) is 6. The van der Waals surface area contributed by atoms with Gasteiger partial charge in [0.25, 0.3) is 0 Å². The Morgan fingerprint density at radius 2 is 2.03 bits per heavy atom. The Kier molecular flexibility index (Phi) is 4.70. The van der Waals surface area contributed by atoms with Gasteiger partial charge in [0, 0.05) is 37.6 Å². The van der Waals surface area contributed by atoms with Crippen molar-refractivity contribution in [3.8, 4) is 0 Å². The molecule has 2 unspecified atom stereocenters. The van der Waals surface area contributed by atoms with Gasteiger partial charge in [-0.1, -0.05) is 30.3 Å². The fraction of sp³-hybridized carbons (Fsp3) is 0.333. The van der Waals surface area contributed by atoms with E-state index in [1.54, 1.807) is 0 Å². The SMILES string of the molecule is CC(=O)OC1(c2ccccc2)CC(C(N)=O)CCN1c1ncnc2[nH]cc(C)c12. The summed E-state index contributed by atoms with van der Waals surface area (Å²) in [6.45, 7) is 3.79. The van der Waals surface area contributed by atoms with Gasteiger partial charge in [-0.25, -0.2) is 9.97 Å². The number of nitrogens with one attached hydrogen (secondary N) is 1. The third-order valence-electron chi connectivity index (χ3n) is 5.50. The molecule has 8 heteroatoms. The van der Waals surface area contributed by atoms with Crippen molar-refractivity contribution in [2.24, 2.45) is 11.7 Å². The number of benzene rings is 1. The summed E-state index contributed by atoms with van der Waals surface area (Å²) in [4.78, 5) is 38.2. The number of H-pyrrole nitrogens is 1. The maximum Gasteiger partial charge on any atom is 0.305 e. The molecule has 2 aromatic heterocycles. The van der Waals surface area contributed by atoms with Crippen LogP contribution in [0.15, 0.2) is 42.9 Å². The topological polar surface area (TPSA) is 114 Å². The Morgan fingerprint density at radius 1 is 1.28 bits per heavy atom. The van der Waals surface area contributed by atoms with E-state index in [9.17, 15) is 9.59 Å². The summed E-state index contributed by atoms with van der Waals surface area (Å²) in [6, 6.07) is 9.43. The molecule has 1 amide bonds. The number of ether oxygens (including phenoxy) is 1. The monoisotopic (exact) mass is 393 g/mol. The molecule has 2 atom stereocenters.